The molecule has 1 aromatic rings. The molecule has 1 amide bonds. The number of carbonyl (C=O) groups excluding carboxylic acids is 1. The fourth-order valence-corrected chi connectivity index (χ4v) is 2.12. The number of hydrogen-bond acceptors (Lipinski definition) is 3. The molecule has 0 aliphatic heterocycles. The van der Waals surface area contributed by atoms with E-state index in [9.17, 15) is 4.79 Å². The fraction of sp³-hybridized carbons (Fsp3) is 0.417. The molecule has 0 aliphatic rings. The Morgan fingerprint density at radius 1 is 1.39 bits per heavy atom. The molecule has 1 rings (SSSR count). The zero-order valence-corrected chi connectivity index (χ0v) is 11.8. The molecule has 6 heteroatoms. The average molecular weight is 292 g/mol. The van der Waals surface area contributed by atoms with Crippen LogP contribution >= 0.6 is 23.2 Å². The van der Waals surface area contributed by atoms with Gasteiger partial charge in [-0.25, -0.2) is 4.79 Å². The summed E-state index contributed by atoms with van der Waals surface area (Å²) in [5.41, 5.74) is 0.840. The van der Waals surface area contributed by atoms with Gasteiger partial charge in [0.15, 0.2) is 0 Å². The molecule has 0 aromatic heterocycles. The third-order valence-corrected chi connectivity index (χ3v) is 2.73. The number of methoxy groups -OCH3 is 1. The van der Waals surface area contributed by atoms with Gasteiger partial charge in [-0.15, -0.1) is 0 Å². The van der Waals surface area contributed by atoms with Crippen molar-refractivity contribution in [2.75, 3.05) is 20.3 Å². The summed E-state index contributed by atoms with van der Waals surface area (Å²) in [6, 6.07) is 3.38. The minimum absolute atomic E-state index is 0.345. The number of amides is 1. The Morgan fingerprint density at radius 3 is 2.72 bits per heavy atom. The molecule has 18 heavy (non-hydrogen) atoms. The van der Waals surface area contributed by atoms with E-state index in [0.717, 1.165) is 5.56 Å². The van der Waals surface area contributed by atoms with Crippen LogP contribution in [-0.2, 0) is 11.2 Å². The Hall–Kier alpha value is -1.13. The van der Waals surface area contributed by atoms with Crippen molar-refractivity contribution < 1.29 is 14.3 Å². The van der Waals surface area contributed by atoms with E-state index >= 15 is 0 Å². The maximum atomic E-state index is 11.1. The molecule has 0 saturated carbocycles. The maximum absolute atomic E-state index is 11.1. The highest BCUT2D eigenvalue weighted by atomic mass is 35.5. The molecule has 0 unspecified atom stereocenters. The summed E-state index contributed by atoms with van der Waals surface area (Å²) in [4.78, 5) is 11.1. The highest BCUT2D eigenvalue weighted by Crippen LogP contribution is 2.32. The van der Waals surface area contributed by atoms with Gasteiger partial charge >= 0.3 is 6.09 Å². The van der Waals surface area contributed by atoms with Crippen LogP contribution in [0.25, 0.3) is 0 Å². The van der Waals surface area contributed by atoms with Crippen molar-refractivity contribution >= 4 is 29.3 Å². The predicted molar refractivity (Wildman–Crippen MR) is 71.7 cm³/mol. The molecule has 0 atom stereocenters. The van der Waals surface area contributed by atoms with E-state index in [-0.39, 0.29) is 0 Å². The minimum Gasteiger partial charge on any atom is -0.495 e. The Morgan fingerprint density at radius 2 is 2.11 bits per heavy atom. The van der Waals surface area contributed by atoms with Gasteiger partial charge in [-0.2, -0.15) is 0 Å². The van der Waals surface area contributed by atoms with E-state index in [2.05, 4.69) is 5.32 Å². The van der Waals surface area contributed by atoms with Crippen molar-refractivity contribution in [3.63, 3.8) is 0 Å². The topological polar surface area (TPSA) is 47.6 Å². The lowest BCUT2D eigenvalue weighted by Crippen LogP contribution is -2.26. The molecule has 0 heterocycles. The summed E-state index contributed by atoms with van der Waals surface area (Å²) in [5, 5.41) is 3.61. The van der Waals surface area contributed by atoms with E-state index in [0.29, 0.717) is 35.4 Å². The molecule has 1 N–H and O–H groups in total. The second-order valence-electron chi connectivity index (χ2n) is 3.48. The van der Waals surface area contributed by atoms with Crippen LogP contribution in [0.15, 0.2) is 12.1 Å². The second-order valence-corrected chi connectivity index (χ2v) is 4.32. The van der Waals surface area contributed by atoms with Crippen LogP contribution in [0.4, 0.5) is 4.79 Å². The number of ether oxygens (including phenoxy) is 2. The molecular weight excluding hydrogens is 277 g/mol. The van der Waals surface area contributed by atoms with Gasteiger partial charge in [0.25, 0.3) is 0 Å². The number of alkyl carbamates (subject to hydrolysis) is 1. The largest absolute Gasteiger partial charge is 0.495 e. The second kappa shape index (κ2) is 7.34. The summed E-state index contributed by atoms with van der Waals surface area (Å²) < 4.78 is 9.95. The smallest absolute Gasteiger partial charge is 0.407 e. The molecule has 0 aliphatic carbocycles. The lowest BCUT2D eigenvalue weighted by molar-refractivity contribution is 0.152. The van der Waals surface area contributed by atoms with E-state index < -0.39 is 6.09 Å². The first-order chi connectivity index (χ1) is 8.58. The van der Waals surface area contributed by atoms with Gasteiger partial charge in [-0.3, -0.25) is 0 Å². The molecule has 0 saturated heterocycles. The van der Waals surface area contributed by atoms with Crippen LogP contribution in [0.1, 0.15) is 12.5 Å². The summed E-state index contributed by atoms with van der Waals surface area (Å²) in [6.07, 6.45) is 0.118. The lowest BCUT2D eigenvalue weighted by atomic mass is 10.1. The molecule has 1 aromatic carbocycles. The van der Waals surface area contributed by atoms with E-state index in [4.69, 9.17) is 32.7 Å². The predicted octanol–water partition coefficient (Wildman–Crippen LogP) is 3.29. The van der Waals surface area contributed by atoms with Crippen LogP contribution in [-0.4, -0.2) is 26.4 Å². The number of rotatable bonds is 5. The van der Waals surface area contributed by atoms with Crippen molar-refractivity contribution in [1.82, 2.24) is 5.32 Å². The quantitative estimate of drug-likeness (QED) is 0.906. The van der Waals surface area contributed by atoms with Gasteiger partial charge < -0.3 is 14.8 Å². The zero-order chi connectivity index (χ0) is 13.5. The van der Waals surface area contributed by atoms with Crippen molar-refractivity contribution in [1.29, 1.82) is 0 Å². The Kier molecular flexibility index (Phi) is 6.09. The first kappa shape index (κ1) is 14.9. The van der Waals surface area contributed by atoms with Crippen LogP contribution in [0, 0.1) is 0 Å². The van der Waals surface area contributed by atoms with Crippen LogP contribution in [0.3, 0.4) is 0 Å². The monoisotopic (exact) mass is 291 g/mol. The van der Waals surface area contributed by atoms with Gasteiger partial charge in [-0.05, 0) is 31.0 Å². The molecule has 0 bridgehead atoms. The molecule has 4 nitrogen and oxygen atoms in total. The van der Waals surface area contributed by atoms with E-state index in [1.807, 2.05) is 0 Å². The maximum Gasteiger partial charge on any atom is 0.407 e. The molecular formula is C12H15Cl2NO3. The molecule has 100 valence electrons. The number of nitrogens with one attached hydrogen (secondary N) is 1. The van der Waals surface area contributed by atoms with E-state index in [1.165, 1.54) is 7.11 Å². The third-order valence-electron chi connectivity index (χ3n) is 2.23. The van der Waals surface area contributed by atoms with Crippen LogP contribution < -0.4 is 10.1 Å². The number of benzene rings is 1. The molecule has 0 fully saturated rings. The fourth-order valence-electron chi connectivity index (χ4n) is 1.51. The zero-order valence-electron chi connectivity index (χ0n) is 10.3. The van der Waals surface area contributed by atoms with Crippen molar-refractivity contribution in [3.05, 3.63) is 27.7 Å². The van der Waals surface area contributed by atoms with Gasteiger partial charge in [0.1, 0.15) is 5.75 Å². The van der Waals surface area contributed by atoms with Crippen molar-refractivity contribution in [3.8, 4) is 5.75 Å². The van der Waals surface area contributed by atoms with Gasteiger partial charge in [-0.1, -0.05) is 23.2 Å². The first-order valence-corrected chi connectivity index (χ1v) is 6.26. The van der Waals surface area contributed by atoms with Crippen LogP contribution in [0.5, 0.6) is 5.75 Å². The third kappa shape index (κ3) is 4.27. The normalized spacial score (nSPS) is 10.0. The summed E-state index contributed by atoms with van der Waals surface area (Å²) in [6.45, 7) is 2.52. The van der Waals surface area contributed by atoms with Gasteiger partial charge in [0, 0.05) is 11.6 Å². The highest BCUT2D eigenvalue weighted by Gasteiger charge is 2.10. The number of halogens is 2. The highest BCUT2D eigenvalue weighted by molar-refractivity contribution is 6.35. The lowest BCUT2D eigenvalue weighted by Gasteiger charge is -2.11. The molecule has 0 radical (unpaired) electrons. The minimum atomic E-state index is -0.440. The SMILES string of the molecule is CCOC(=O)NCCc1cc(Cl)cc(Cl)c1OC. The van der Waals surface area contributed by atoms with Gasteiger partial charge in [0.05, 0.1) is 18.7 Å². The summed E-state index contributed by atoms with van der Waals surface area (Å²) >= 11 is 11.9. The van der Waals surface area contributed by atoms with Crippen LogP contribution in [0.2, 0.25) is 10.0 Å². The first-order valence-electron chi connectivity index (χ1n) is 5.51. The average Bonchev–Trinajstić information content (AvgIpc) is 2.28. The number of hydrogen-bond donors (Lipinski definition) is 1. The van der Waals surface area contributed by atoms with Crippen molar-refractivity contribution in [2.24, 2.45) is 0 Å². The standard InChI is InChI=1S/C12H15Cl2NO3/c1-3-18-12(16)15-5-4-8-6-9(13)7-10(14)11(8)17-2/h6-7H,3-5H2,1-2H3,(H,15,16). The number of carbonyl (C=O) groups is 1. The van der Waals surface area contributed by atoms with Crippen molar-refractivity contribution in [2.45, 2.75) is 13.3 Å². The Balaban J connectivity index is 2.64. The van der Waals surface area contributed by atoms with Gasteiger partial charge in [0.2, 0.25) is 0 Å². The summed E-state index contributed by atoms with van der Waals surface area (Å²) in [7, 11) is 1.54. The Labute approximate surface area is 116 Å². The molecule has 0 spiro atoms. The summed E-state index contributed by atoms with van der Waals surface area (Å²) in [5.74, 6) is 0.576. The Bertz CT molecular complexity index is 424. The van der Waals surface area contributed by atoms with E-state index in [1.54, 1.807) is 19.1 Å².